The fraction of sp³-hybridized carbons (Fsp3) is 0.722. The average molecular weight is 347 g/mol. The number of nitrogens with zero attached hydrogens (tertiary/aromatic N) is 5. The van der Waals surface area contributed by atoms with E-state index in [1.165, 1.54) is 0 Å². The van der Waals surface area contributed by atoms with Gasteiger partial charge in [0, 0.05) is 44.2 Å². The second-order valence-electron chi connectivity index (χ2n) is 7.33. The van der Waals surface area contributed by atoms with Crippen molar-refractivity contribution in [2.45, 2.75) is 37.6 Å². The molecule has 1 atom stereocenters. The van der Waals surface area contributed by atoms with Gasteiger partial charge in [-0.1, -0.05) is 0 Å². The maximum atomic E-state index is 12.5. The van der Waals surface area contributed by atoms with E-state index in [2.05, 4.69) is 38.8 Å². The van der Waals surface area contributed by atoms with Gasteiger partial charge in [0.05, 0.1) is 7.11 Å². The zero-order chi connectivity index (χ0) is 17.9. The Hall–Kier alpha value is -1.89. The van der Waals surface area contributed by atoms with Gasteiger partial charge in [-0.15, -0.1) is 0 Å². The van der Waals surface area contributed by atoms with Crippen LogP contribution in [0.4, 0.5) is 5.82 Å². The molecule has 1 aromatic heterocycles. The first-order valence-electron chi connectivity index (χ1n) is 9.10. The van der Waals surface area contributed by atoms with Crippen molar-refractivity contribution < 1.29 is 9.53 Å². The van der Waals surface area contributed by atoms with Gasteiger partial charge in [-0.25, -0.2) is 9.97 Å². The molecule has 138 valence electrons. The predicted molar refractivity (Wildman–Crippen MR) is 96.9 cm³/mol. The van der Waals surface area contributed by atoms with Crippen LogP contribution in [0.25, 0.3) is 0 Å². The minimum Gasteiger partial charge on any atom is -0.481 e. The highest BCUT2D eigenvalue weighted by atomic mass is 16.5. The lowest BCUT2D eigenvalue weighted by Gasteiger charge is -2.38. The molecule has 2 aliphatic heterocycles. The molecule has 0 saturated carbocycles. The number of hydrogen-bond acceptors (Lipinski definition) is 6. The third-order valence-electron chi connectivity index (χ3n) is 5.53. The van der Waals surface area contributed by atoms with Crippen molar-refractivity contribution >= 4 is 11.7 Å². The van der Waals surface area contributed by atoms with E-state index in [0.29, 0.717) is 18.2 Å². The molecule has 1 aromatic rings. The fourth-order valence-corrected chi connectivity index (χ4v) is 4.08. The Morgan fingerprint density at radius 3 is 2.84 bits per heavy atom. The Morgan fingerprint density at radius 2 is 2.08 bits per heavy atom. The Morgan fingerprint density at radius 1 is 1.24 bits per heavy atom. The fourth-order valence-electron chi connectivity index (χ4n) is 4.08. The third-order valence-corrected chi connectivity index (χ3v) is 5.53. The average Bonchev–Trinajstić information content (AvgIpc) is 2.78. The zero-order valence-corrected chi connectivity index (χ0v) is 15.6. The molecule has 1 unspecified atom stereocenters. The maximum absolute atomic E-state index is 12.5. The van der Waals surface area contributed by atoms with Gasteiger partial charge in [-0.3, -0.25) is 4.79 Å². The van der Waals surface area contributed by atoms with Crippen LogP contribution in [0.1, 0.15) is 32.1 Å². The Kier molecular flexibility index (Phi) is 5.42. The summed E-state index contributed by atoms with van der Waals surface area (Å²) in [5.41, 5.74) is 0.0267. The van der Waals surface area contributed by atoms with E-state index < -0.39 is 0 Å². The highest BCUT2D eigenvalue weighted by Crippen LogP contribution is 2.39. The number of anilines is 1. The minimum atomic E-state index is 0.0267. The van der Waals surface area contributed by atoms with Crippen LogP contribution in [0.2, 0.25) is 0 Å². The van der Waals surface area contributed by atoms with Crippen LogP contribution in [0.15, 0.2) is 12.4 Å². The van der Waals surface area contributed by atoms with E-state index in [9.17, 15) is 4.79 Å². The second kappa shape index (κ2) is 7.56. The van der Waals surface area contributed by atoms with Crippen molar-refractivity contribution in [3.8, 4) is 5.88 Å². The van der Waals surface area contributed by atoms with E-state index in [1.807, 2.05) is 6.07 Å². The lowest BCUT2D eigenvalue weighted by molar-refractivity contribution is -0.131. The van der Waals surface area contributed by atoms with Crippen LogP contribution in [-0.4, -0.2) is 78.6 Å². The summed E-state index contributed by atoms with van der Waals surface area (Å²) in [4.78, 5) is 27.6. The highest BCUT2D eigenvalue weighted by molar-refractivity contribution is 5.79. The SMILES string of the molecule is COc1cc(N2CCCC3(CCC(=O)N3CCN(C)C)CC2)ncn1. The second-order valence-corrected chi connectivity index (χ2v) is 7.33. The van der Waals surface area contributed by atoms with Crippen LogP contribution in [0, 0.1) is 0 Å². The summed E-state index contributed by atoms with van der Waals surface area (Å²) in [7, 11) is 5.74. The molecule has 3 rings (SSSR count). The van der Waals surface area contributed by atoms with Gasteiger partial charge in [-0.05, 0) is 39.8 Å². The van der Waals surface area contributed by atoms with Crippen molar-refractivity contribution in [2.75, 3.05) is 52.3 Å². The largest absolute Gasteiger partial charge is 0.481 e. The van der Waals surface area contributed by atoms with Gasteiger partial charge >= 0.3 is 0 Å². The molecule has 1 spiro atoms. The van der Waals surface area contributed by atoms with Crippen LogP contribution >= 0.6 is 0 Å². The smallest absolute Gasteiger partial charge is 0.223 e. The van der Waals surface area contributed by atoms with E-state index in [1.54, 1.807) is 13.4 Å². The molecule has 0 aliphatic carbocycles. The van der Waals surface area contributed by atoms with Gasteiger partial charge < -0.3 is 19.4 Å². The third kappa shape index (κ3) is 3.86. The molecule has 1 amide bonds. The van der Waals surface area contributed by atoms with Crippen LogP contribution < -0.4 is 9.64 Å². The number of aromatic nitrogens is 2. The van der Waals surface area contributed by atoms with Gasteiger partial charge in [0.15, 0.2) is 0 Å². The molecule has 2 saturated heterocycles. The zero-order valence-electron chi connectivity index (χ0n) is 15.6. The normalized spacial score (nSPS) is 24.2. The molecule has 2 aliphatic rings. The van der Waals surface area contributed by atoms with Gasteiger partial charge in [-0.2, -0.15) is 0 Å². The van der Waals surface area contributed by atoms with Crippen molar-refractivity contribution in [3.63, 3.8) is 0 Å². The Bertz CT molecular complexity index is 609. The van der Waals surface area contributed by atoms with Gasteiger partial charge in [0.25, 0.3) is 0 Å². The first kappa shape index (κ1) is 17.9. The molecule has 0 radical (unpaired) electrons. The van der Waals surface area contributed by atoms with E-state index in [-0.39, 0.29) is 5.54 Å². The number of ether oxygens (including phenoxy) is 1. The van der Waals surface area contributed by atoms with Crippen LogP contribution in [-0.2, 0) is 4.79 Å². The van der Waals surface area contributed by atoms with Crippen molar-refractivity contribution in [3.05, 3.63) is 12.4 Å². The van der Waals surface area contributed by atoms with E-state index in [4.69, 9.17) is 4.74 Å². The molecule has 25 heavy (non-hydrogen) atoms. The number of likely N-dealkylation sites (N-methyl/N-ethyl adjacent to an activating group) is 1. The predicted octanol–water partition coefficient (Wildman–Crippen LogP) is 1.40. The maximum Gasteiger partial charge on any atom is 0.223 e. The quantitative estimate of drug-likeness (QED) is 0.802. The Labute approximate surface area is 150 Å². The standard InChI is InChI=1S/C18H29N5O2/c1-21(2)11-12-23-17(24)5-7-18(23)6-4-9-22(10-8-18)15-13-16(25-3)20-14-19-15/h13-14H,4-12H2,1-3H3. The van der Waals surface area contributed by atoms with Crippen LogP contribution in [0.3, 0.4) is 0 Å². The van der Waals surface area contributed by atoms with Crippen molar-refractivity contribution in [1.29, 1.82) is 0 Å². The van der Waals surface area contributed by atoms with Crippen molar-refractivity contribution in [2.24, 2.45) is 0 Å². The molecule has 2 fully saturated rings. The monoisotopic (exact) mass is 347 g/mol. The summed E-state index contributed by atoms with van der Waals surface area (Å²) >= 11 is 0. The molecule has 3 heterocycles. The number of likely N-dealkylation sites (tertiary alicyclic amines) is 1. The summed E-state index contributed by atoms with van der Waals surface area (Å²) < 4.78 is 5.22. The molecular formula is C18H29N5O2. The summed E-state index contributed by atoms with van der Waals surface area (Å²) in [6.45, 7) is 3.61. The first-order chi connectivity index (χ1) is 12.0. The lowest BCUT2D eigenvalue weighted by atomic mass is 9.87. The number of carbonyl (C=O) groups excluding carboxylic acids is 1. The molecule has 7 heteroatoms. The topological polar surface area (TPSA) is 61.8 Å². The van der Waals surface area contributed by atoms with Gasteiger partial charge in [0.1, 0.15) is 12.1 Å². The minimum absolute atomic E-state index is 0.0267. The number of hydrogen-bond donors (Lipinski definition) is 0. The summed E-state index contributed by atoms with van der Waals surface area (Å²) in [5, 5.41) is 0. The number of carbonyl (C=O) groups is 1. The molecule has 7 nitrogen and oxygen atoms in total. The number of methoxy groups -OCH3 is 1. The highest BCUT2D eigenvalue weighted by Gasteiger charge is 2.45. The molecule has 0 aromatic carbocycles. The molecule has 0 bridgehead atoms. The lowest BCUT2D eigenvalue weighted by Crippen LogP contribution is -2.48. The Balaban J connectivity index is 1.72. The first-order valence-corrected chi connectivity index (χ1v) is 9.10. The number of rotatable bonds is 5. The van der Waals surface area contributed by atoms with Crippen molar-refractivity contribution in [1.82, 2.24) is 19.8 Å². The molecule has 0 N–H and O–H groups in total. The van der Waals surface area contributed by atoms with Crippen LogP contribution in [0.5, 0.6) is 5.88 Å². The summed E-state index contributed by atoms with van der Waals surface area (Å²) in [6.07, 6.45) is 6.37. The van der Waals surface area contributed by atoms with E-state index in [0.717, 1.165) is 57.7 Å². The van der Waals surface area contributed by atoms with E-state index >= 15 is 0 Å². The number of amides is 1. The summed E-state index contributed by atoms with van der Waals surface area (Å²) in [5.74, 6) is 1.82. The molecular weight excluding hydrogens is 318 g/mol. The van der Waals surface area contributed by atoms with Gasteiger partial charge in [0.2, 0.25) is 11.8 Å². The summed E-state index contributed by atoms with van der Waals surface area (Å²) in [6, 6.07) is 1.89.